The van der Waals surface area contributed by atoms with Crippen molar-refractivity contribution in [3.63, 3.8) is 0 Å². The second-order valence-corrected chi connectivity index (χ2v) is 5.61. The molecule has 1 aromatic heterocycles. The Bertz CT molecular complexity index is 722. The molecule has 100 valence electrons. The standard InChI is InChI=1S/C16H13ClN2S/c1-20-16-14(12-8-5-9-13(17)10-12)15(18-19-16)11-6-3-2-4-7-11/h2-10H,1H3,(H,18,19). The van der Waals surface area contributed by atoms with Crippen molar-refractivity contribution in [2.45, 2.75) is 5.03 Å². The molecule has 0 radical (unpaired) electrons. The first-order chi connectivity index (χ1) is 9.79. The molecule has 1 N–H and O–H groups in total. The van der Waals surface area contributed by atoms with Gasteiger partial charge >= 0.3 is 0 Å². The molecule has 0 spiro atoms. The zero-order valence-corrected chi connectivity index (χ0v) is 12.5. The number of hydrogen-bond acceptors (Lipinski definition) is 2. The summed E-state index contributed by atoms with van der Waals surface area (Å²) in [4.78, 5) is 0. The van der Waals surface area contributed by atoms with Gasteiger partial charge in [-0.05, 0) is 24.0 Å². The monoisotopic (exact) mass is 300 g/mol. The minimum atomic E-state index is 0.731. The molecule has 2 aromatic carbocycles. The maximum Gasteiger partial charge on any atom is 0.101 e. The molecule has 3 rings (SSSR count). The summed E-state index contributed by atoms with van der Waals surface area (Å²) in [6.07, 6.45) is 2.04. The van der Waals surface area contributed by atoms with Gasteiger partial charge in [0.2, 0.25) is 0 Å². The van der Waals surface area contributed by atoms with Crippen LogP contribution in [-0.4, -0.2) is 16.5 Å². The van der Waals surface area contributed by atoms with Crippen molar-refractivity contribution in [1.29, 1.82) is 0 Å². The molecule has 0 atom stereocenters. The summed E-state index contributed by atoms with van der Waals surface area (Å²) >= 11 is 7.77. The molecular formula is C16H13ClN2S. The van der Waals surface area contributed by atoms with Gasteiger partial charge in [0.05, 0.1) is 5.03 Å². The smallest absolute Gasteiger partial charge is 0.101 e. The number of nitrogens with zero attached hydrogens (tertiary/aromatic N) is 1. The molecule has 20 heavy (non-hydrogen) atoms. The van der Waals surface area contributed by atoms with E-state index in [2.05, 4.69) is 28.4 Å². The summed E-state index contributed by atoms with van der Waals surface area (Å²) in [7, 11) is 0. The highest BCUT2D eigenvalue weighted by molar-refractivity contribution is 7.98. The van der Waals surface area contributed by atoms with E-state index in [1.807, 2.05) is 42.7 Å². The van der Waals surface area contributed by atoms with E-state index in [4.69, 9.17) is 11.6 Å². The van der Waals surface area contributed by atoms with Crippen LogP contribution in [0.25, 0.3) is 22.4 Å². The lowest BCUT2D eigenvalue weighted by Gasteiger charge is -2.05. The minimum absolute atomic E-state index is 0.731. The van der Waals surface area contributed by atoms with Crippen LogP contribution in [0.3, 0.4) is 0 Å². The number of H-pyrrole nitrogens is 1. The average Bonchev–Trinajstić information content (AvgIpc) is 2.92. The number of aromatic amines is 1. The highest BCUT2D eigenvalue weighted by Gasteiger charge is 2.16. The first-order valence-electron chi connectivity index (χ1n) is 6.23. The lowest BCUT2D eigenvalue weighted by molar-refractivity contribution is 1.01. The van der Waals surface area contributed by atoms with Crippen molar-refractivity contribution in [1.82, 2.24) is 10.2 Å². The maximum absolute atomic E-state index is 6.12. The van der Waals surface area contributed by atoms with Crippen LogP contribution in [0.15, 0.2) is 59.6 Å². The molecule has 0 bridgehead atoms. The van der Waals surface area contributed by atoms with Crippen molar-refractivity contribution in [2.75, 3.05) is 6.26 Å². The molecule has 0 saturated carbocycles. The SMILES string of the molecule is CSc1[nH]nc(-c2ccccc2)c1-c1cccc(Cl)c1. The fraction of sp³-hybridized carbons (Fsp3) is 0.0625. The molecular weight excluding hydrogens is 288 g/mol. The quantitative estimate of drug-likeness (QED) is 0.680. The molecule has 1 heterocycles. The number of rotatable bonds is 3. The summed E-state index contributed by atoms with van der Waals surface area (Å²) in [6.45, 7) is 0. The number of thioether (sulfide) groups is 1. The van der Waals surface area contributed by atoms with Crippen LogP contribution in [0.4, 0.5) is 0 Å². The summed E-state index contributed by atoms with van der Waals surface area (Å²) in [5.74, 6) is 0. The van der Waals surface area contributed by atoms with Crippen molar-refractivity contribution >= 4 is 23.4 Å². The van der Waals surface area contributed by atoms with Gasteiger partial charge in [-0.25, -0.2) is 0 Å². The van der Waals surface area contributed by atoms with E-state index in [-0.39, 0.29) is 0 Å². The van der Waals surface area contributed by atoms with Crippen molar-refractivity contribution in [2.24, 2.45) is 0 Å². The average molecular weight is 301 g/mol. The van der Waals surface area contributed by atoms with Crippen molar-refractivity contribution < 1.29 is 0 Å². The third-order valence-corrected chi connectivity index (χ3v) is 4.04. The second-order valence-electron chi connectivity index (χ2n) is 4.36. The number of nitrogens with one attached hydrogen (secondary N) is 1. The van der Waals surface area contributed by atoms with Crippen LogP contribution in [0.2, 0.25) is 5.02 Å². The van der Waals surface area contributed by atoms with E-state index in [9.17, 15) is 0 Å². The predicted molar refractivity (Wildman–Crippen MR) is 86.3 cm³/mol. The zero-order chi connectivity index (χ0) is 13.9. The molecule has 0 unspecified atom stereocenters. The molecule has 4 heteroatoms. The van der Waals surface area contributed by atoms with E-state index in [1.165, 1.54) is 0 Å². The maximum atomic E-state index is 6.12. The van der Waals surface area contributed by atoms with Crippen molar-refractivity contribution in [3.8, 4) is 22.4 Å². The molecule has 0 aliphatic rings. The summed E-state index contributed by atoms with van der Waals surface area (Å²) < 4.78 is 0. The minimum Gasteiger partial charge on any atom is -0.271 e. The van der Waals surface area contributed by atoms with Gasteiger partial charge in [-0.3, -0.25) is 5.10 Å². The lowest BCUT2D eigenvalue weighted by atomic mass is 10.0. The largest absolute Gasteiger partial charge is 0.271 e. The Hall–Kier alpha value is -1.71. The van der Waals surface area contributed by atoms with Gasteiger partial charge in [-0.1, -0.05) is 54.1 Å². The Balaban J connectivity index is 2.21. The summed E-state index contributed by atoms with van der Waals surface area (Å²) in [6, 6.07) is 18.0. The molecule has 0 amide bonds. The Kier molecular flexibility index (Phi) is 3.81. The fourth-order valence-electron chi connectivity index (χ4n) is 2.19. The third-order valence-electron chi connectivity index (χ3n) is 3.10. The van der Waals surface area contributed by atoms with Crippen LogP contribution in [-0.2, 0) is 0 Å². The summed E-state index contributed by atoms with van der Waals surface area (Å²) in [5.41, 5.74) is 4.23. The Morgan fingerprint density at radius 2 is 1.75 bits per heavy atom. The van der Waals surface area contributed by atoms with Gasteiger partial charge in [0.1, 0.15) is 5.69 Å². The first kappa shape index (κ1) is 13.3. The van der Waals surface area contributed by atoms with Gasteiger partial charge in [0, 0.05) is 16.1 Å². The second kappa shape index (κ2) is 5.73. The molecule has 0 fully saturated rings. The highest BCUT2D eigenvalue weighted by atomic mass is 35.5. The van der Waals surface area contributed by atoms with Crippen LogP contribution in [0.5, 0.6) is 0 Å². The zero-order valence-electron chi connectivity index (χ0n) is 10.9. The van der Waals surface area contributed by atoms with E-state index >= 15 is 0 Å². The molecule has 3 aromatic rings. The van der Waals surface area contributed by atoms with Crippen LogP contribution in [0.1, 0.15) is 0 Å². The van der Waals surface area contributed by atoms with Gasteiger partial charge in [-0.2, -0.15) is 5.10 Å². The molecule has 0 aliphatic carbocycles. The van der Waals surface area contributed by atoms with E-state index in [1.54, 1.807) is 11.8 Å². The molecule has 0 saturated heterocycles. The Labute approximate surface area is 127 Å². The number of aromatic nitrogens is 2. The highest BCUT2D eigenvalue weighted by Crippen LogP contribution is 2.37. The Morgan fingerprint density at radius 3 is 2.45 bits per heavy atom. The topological polar surface area (TPSA) is 28.7 Å². The van der Waals surface area contributed by atoms with Gasteiger partial charge in [0.25, 0.3) is 0 Å². The normalized spacial score (nSPS) is 10.7. The predicted octanol–water partition coefficient (Wildman–Crippen LogP) is 5.12. The third kappa shape index (κ3) is 2.47. The fourth-order valence-corrected chi connectivity index (χ4v) is 2.94. The first-order valence-corrected chi connectivity index (χ1v) is 7.83. The van der Waals surface area contributed by atoms with Gasteiger partial charge in [0.15, 0.2) is 0 Å². The van der Waals surface area contributed by atoms with Gasteiger partial charge in [-0.15, -0.1) is 11.8 Å². The van der Waals surface area contributed by atoms with Crippen LogP contribution in [0, 0.1) is 0 Å². The van der Waals surface area contributed by atoms with Crippen LogP contribution >= 0.6 is 23.4 Å². The van der Waals surface area contributed by atoms with E-state index < -0.39 is 0 Å². The molecule has 0 aliphatic heterocycles. The van der Waals surface area contributed by atoms with Crippen LogP contribution < -0.4 is 0 Å². The number of halogens is 1. The van der Waals surface area contributed by atoms with E-state index in [0.717, 1.165) is 32.4 Å². The number of hydrogen-bond donors (Lipinski definition) is 1. The summed E-state index contributed by atoms with van der Waals surface area (Å²) in [5, 5.41) is 9.36. The number of benzene rings is 2. The lowest BCUT2D eigenvalue weighted by Crippen LogP contribution is -1.83. The van der Waals surface area contributed by atoms with Gasteiger partial charge < -0.3 is 0 Å². The Morgan fingerprint density at radius 1 is 1.00 bits per heavy atom. The van der Waals surface area contributed by atoms with E-state index in [0.29, 0.717) is 0 Å². The van der Waals surface area contributed by atoms with Crippen molar-refractivity contribution in [3.05, 3.63) is 59.6 Å². The molecule has 2 nitrogen and oxygen atoms in total.